The van der Waals surface area contributed by atoms with E-state index in [0.29, 0.717) is 17.4 Å². The third-order valence-electron chi connectivity index (χ3n) is 2.66. The second-order valence-corrected chi connectivity index (χ2v) is 5.26. The molecule has 0 aliphatic rings. The molecule has 18 heavy (non-hydrogen) atoms. The highest BCUT2D eigenvalue weighted by molar-refractivity contribution is 7.13. The number of rotatable bonds is 5. The van der Waals surface area contributed by atoms with Crippen LogP contribution in [0.15, 0.2) is 17.9 Å². The first kappa shape index (κ1) is 12.6. The first-order chi connectivity index (χ1) is 8.50. The van der Waals surface area contributed by atoms with Crippen LogP contribution < -0.4 is 5.32 Å². The fourth-order valence-corrected chi connectivity index (χ4v) is 2.18. The zero-order valence-corrected chi connectivity index (χ0v) is 10.9. The van der Waals surface area contributed by atoms with Crippen molar-refractivity contribution >= 4 is 22.4 Å². The smallest absolute Gasteiger partial charge is 0.315 e. The van der Waals surface area contributed by atoms with Gasteiger partial charge in [0.1, 0.15) is 5.41 Å². The number of hydrogen-bond acceptors (Lipinski definition) is 5. The van der Waals surface area contributed by atoms with Gasteiger partial charge in [-0.3, -0.25) is 4.79 Å². The third kappa shape index (κ3) is 2.51. The quantitative estimate of drug-likeness (QED) is 0.768. The van der Waals surface area contributed by atoms with Crippen LogP contribution in [0.4, 0.5) is 5.13 Å². The molecule has 2 aromatic rings. The van der Waals surface area contributed by atoms with Crippen LogP contribution in [0.2, 0.25) is 0 Å². The molecule has 96 valence electrons. The van der Waals surface area contributed by atoms with Crippen LogP contribution in [0.1, 0.15) is 25.2 Å². The van der Waals surface area contributed by atoms with E-state index in [1.165, 1.54) is 11.3 Å². The maximum Gasteiger partial charge on any atom is 0.315 e. The van der Waals surface area contributed by atoms with Gasteiger partial charge in [-0.2, -0.15) is 0 Å². The molecule has 0 atom stereocenters. The lowest BCUT2D eigenvalue weighted by Crippen LogP contribution is -2.28. The van der Waals surface area contributed by atoms with Crippen molar-refractivity contribution in [1.82, 2.24) is 15.0 Å². The predicted octanol–water partition coefficient (Wildman–Crippen LogP) is 1.84. The summed E-state index contributed by atoms with van der Waals surface area (Å²) in [6, 6.07) is 0. The van der Waals surface area contributed by atoms with Gasteiger partial charge in [0.2, 0.25) is 0 Å². The second-order valence-electron chi connectivity index (χ2n) is 4.40. The number of aromatic nitrogens is 3. The number of carbonyl (C=O) groups is 1. The van der Waals surface area contributed by atoms with E-state index < -0.39 is 11.4 Å². The number of carboxylic acids is 1. The Balaban J connectivity index is 2.04. The van der Waals surface area contributed by atoms with Crippen LogP contribution >= 0.6 is 11.3 Å². The lowest BCUT2D eigenvalue weighted by Gasteiger charge is -2.15. The molecule has 0 fully saturated rings. The molecule has 0 aliphatic heterocycles. The average Bonchev–Trinajstić information content (AvgIpc) is 2.97. The monoisotopic (exact) mass is 266 g/mol. The van der Waals surface area contributed by atoms with Gasteiger partial charge < -0.3 is 15.4 Å². The molecule has 0 aliphatic carbocycles. The van der Waals surface area contributed by atoms with Crippen molar-refractivity contribution in [3.63, 3.8) is 0 Å². The van der Waals surface area contributed by atoms with E-state index >= 15 is 0 Å². The lowest BCUT2D eigenvalue weighted by molar-refractivity contribution is -0.142. The molecule has 2 rings (SSSR count). The number of hydrogen-bond donors (Lipinski definition) is 3. The lowest BCUT2D eigenvalue weighted by atomic mass is 9.90. The number of aliphatic carboxylic acids is 1. The Morgan fingerprint density at radius 3 is 3.00 bits per heavy atom. The summed E-state index contributed by atoms with van der Waals surface area (Å²) in [5.41, 5.74) is 0.543. The van der Waals surface area contributed by atoms with Gasteiger partial charge in [0, 0.05) is 11.6 Å². The molecule has 0 unspecified atom stereocenters. The molecule has 0 saturated carbocycles. The molecular formula is C11H14N4O2S. The van der Waals surface area contributed by atoms with E-state index in [4.69, 9.17) is 5.11 Å². The van der Waals surface area contributed by atoms with E-state index in [-0.39, 0.29) is 0 Å². The number of H-pyrrole nitrogens is 1. The molecule has 0 bridgehead atoms. The first-order valence-corrected chi connectivity index (χ1v) is 6.28. The highest BCUT2D eigenvalue weighted by Crippen LogP contribution is 2.27. The second kappa shape index (κ2) is 4.77. The minimum absolute atomic E-state index is 0.562. The minimum Gasteiger partial charge on any atom is -0.481 e. The van der Waals surface area contributed by atoms with Crippen molar-refractivity contribution in [2.45, 2.75) is 25.8 Å². The normalized spacial score (nSPS) is 11.4. The van der Waals surface area contributed by atoms with Gasteiger partial charge in [-0.25, -0.2) is 9.97 Å². The summed E-state index contributed by atoms with van der Waals surface area (Å²) in [6.45, 7) is 3.87. The molecule has 2 heterocycles. The zero-order chi connectivity index (χ0) is 13.2. The molecule has 0 saturated heterocycles. The number of thiazole rings is 1. The van der Waals surface area contributed by atoms with Crippen LogP contribution in [0.3, 0.4) is 0 Å². The van der Waals surface area contributed by atoms with Crippen molar-refractivity contribution in [3.8, 4) is 0 Å². The van der Waals surface area contributed by atoms with Gasteiger partial charge in [-0.05, 0) is 13.8 Å². The van der Waals surface area contributed by atoms with Gasteiger partial charge in [0.05, 0.1) is 24.3 Å². The molecule has 0 radical (unpaired) electrons. The number of nitrogens with zero attached hydrogens (tertiary/aromatic N) is 2. The Labute approximate surface area is 108 Å². The zero-order valence-electron chi connectivity index (χ0n) is 10.1. The van der Waals surface area contributed by atoms with Crippen LogP contribution in [0, 0.1) is 0 Å². The van der Waals surface area contributed by atoms with Crippen molar-refractivity contribution in [2.75, 3.05) is 5.32 Å². The fraction of sp³-hybridized carbons (Fsp3) is 0.364. The molecule has 6 nitrogen and oxygen atoms in total. The van der Waals surface area contributed by atoms with Crippen molar-refractivity contribution < 1.29 is 9.90 Å². The topological polar surface area (TPSA) is 90.9 Å². The average molecular weight is 266 g/mol. The summed E-state index contributed by atoms with van der Waals surface area (Å²) in [4.78, 5) is 22.3. The summed E-state index contributed by atoms with van der Waals surface area (Å²) in [5.74, 6) is -0.882. The van der Waals surface area contributed by atoms with Gasteiger partial charge in [0.15, 0.2) is 5.13 Å². The summed E-state index contributed by atoms with van der Waals surface area (Å²) >= 11 is 1.40. The van der Waals surface area contributed by atoms with Gasteiger partial charge in [0.25, 0.3) is 0 Å². The molecule has 0 aromatic carbocycles. The van der Waals surface area contributed by atoms with Crippen LogP contribution in [0.5, 0.6) is 0 Å². The Kier molecular flexibility index (Phi) is 3.33. The van der Waals surface area contributed by atoms with E-state index in [0.717, 1.165) is 5.69 Å². The van der Waals surface area contributed by atoms with E-state index in [2.05, 4.69) is 20.3 Å². The third-order valence-corrected chi connectivity index (χ3v) is 3.46. The number of aromatic amines is 1. The van der Waals surface area contributed by atoms with Crippen LogP contribution in [-0.2, 0) is 16.8 Å². The molecule has 0 amide bonds. The Morgan fingerprint density at radius 2 is 2.39 bits per heavy atom. The largest absolute Gasteiger partial charge is 0.481 e. The van der Waals surface area contributed by atoms with Crippen molar-refractivity contribution in [1.29, 1.82) is 0 Å². The number of carboxylic acid groups (broad SMARTS) is 1. The highest BCUT2D eigenvalue weighted by Gasteiger charge is 2.32. The molecular weight excluding hydrogens is 252 g/mol. The summed E-state index contributed by atoms with van der Waals surface area (Å²) in [5, 5.41) is 14.7. The number of imidazole rings is 1. The molecule has 0 spiro atoms. The maximum atomic E-state index is 11.1. The molecule has 3 N–H and O–H groups in total. The van der Waals surface area contributed by atoms with E-state index in [1.807, 2.05) is 0 Å². The van der Waals surface area contributed by atoms with Gasteiger partial charge in [-0.1, -0.05) is 0 Å². The Morgan fingerprint density at radius 1 is 1.61 bits per heavy atom. The maximum absolute atomic E-state index is 11.1. The Bertz CT molecular complexity index is 533. The number of anilines is 1. The fourth-order valence-electron chi connectivity index (χ4n) is 1.30. The van der Waals surface area contributed by atoms with Crippen LogP contribution in [0.25, 0.3) is 0 Å². The summed E-state index contributed by atoms with van der Waals surface area (Å²) < 4.78 is 0. The first-order valence-electron chi connectivity index (χ1n) is 5.40. The van der Waals surface area contributed by atoms with E-state index in [9.17, 15) is 4.79 Å². The SMILES string of the molecule is CC(C)(C(=O)O)c1csc(NCc2cnc[nH]2)n1. The Hall–Kier alpha value is -1.89. The minimum atomic E-state index is -0.968. The van der Waals surface area contributed by atoms with Crippen molar-refractivity contribution in [2.24, 2.45) is 0 Å². The molecule has 2 aromatic heterocycles. The van der Waals surface area contributed by atoms with Crippen LogP contribution in [-0.4, -0.2) is 26.0 Å². The predicted molar refractivity (Wildman–Crippen MR) is 68.7 cm³/mol. The number of nitrogens with one attached hydrogen (secondary N) is 2. The molecule has 7 heteroatoms. The standard InChI is InChI=1S/C11H14N4O2S/c1-11(2,9(16)17)8-5-18-10(15-8)13-4-7-3-12-6-14-7/h3,5-6H,4H2,1-2H3,(H,12,14)(H,13,15)(H,16,17). The van der Waals surface area contributed by atoms with E-state index in [1.54, 1.807) is 31.8 Å². The van der Waals surface area contributed by atoms with Crippen molar-refractivity contribution in [3.05, 3.63) is 29.3 Å². The summed E-state index contributed by atoms with van der Waals surface area (Å²) in [6.07, 6.45) is 3.33. The van der Waals surface area contributed by atoms with Gasteiger partial charge >= 0.3 is 5.97 Å². The van der Waals surface area contributed by atoms with Gasteiger partial charge in [-0.15, -0.1) is 11.3 Å². The highest BCUT2D eigenvalue weighted by atomic mass is 32.1. The summed E-state index contributed by atoms with van der Waals surface area (Å²) in [7, 11) is 0.